The molecule has 0 aromatic carbocycles. The molecule has 2 aromatic rings. The van der Waals surface area contributed by atoms with E-state index in [1.165, 1.54) is 5.56 Å². The zero-order chi connectivity index (χ0) is 13.7. The topological polar surface area (TPSA) is 46.9 Å². The Morgan fingerprint density at radius 3 is 2.89 bits per heavy atom. The molecule has 19 heavy (non-hydrogen) atoms. The van der Waals surface area contributed by atoms with Crippen LogP contribution in [-0.2, 0) is 13.0 Å². The highest BCUT2D eigenvalue weighted by atomic mass is 32.1. The quantitative estimate of drug-likeness (QED) is 0.818. The lowest BCUT2D eigenvalue weighted by atomic mass is 10.2. The third-order valence-electron chi connectivity index (χ3n) is 3.01. The van der Waals surface area contributed by atoms with E-state index in [0.717, 1.165) is 31.0 Å². The Hall–Kier alpha value is -1.46. The third kappa shape index (κ3) is 4.01. The number of aryl methyl sites for hydroxylation is 2. The SMILES string of the molecule is Cc1cc(=O)n(CCNCCc2ccsc2)c(C)n1. The third-order valence-corrected chi connectivity index (χ3v) is 3.74. The first-order valence-corrected chi connectivity index (χ1v) is 7.38. The molecule has 0 aliphatic carbocycles. The van der Waals surface area contributed by atoms with Crippen LogP contribution in [0.4, 0.5) is 0 Å². The van der Waals surface area contributed by atoms with E-state index < -0.39 is 0 Å². The highest BCUT2D eigenvalue weighted by molar-refractivity contribution is 7.07. The van der Waals surface area contributed by atoms with Gasteiger partial charge >= 0.3 is 0 Å². The second-order valence-corrected chi connectivity index (χ2v) is 5.35. The Morgan fingerprint density at radius 2 is 2.21 bits per heavy atom. The van der Waals surface area contributed by atoms with Crippen LogP contribution in [0, 0.1) is 13.8 Å². The van der Waals surface area contributed by atoms with Crippen molar-refractivity contribution in [2.24, 2.45) is 0 Å². The van der Waals surface area contributed by atoms with Gasteiger partial charge in [-0.3, -0.25) is 9.36 Å². The summed E-state index contributed by atoms with van der Waals surface area (Å²) >= 11 is 1.72. The molecule has 102 valence electrons. The van der Waals surface area contributed by atoms with Crippen molar-refractivity contribution in [2.75, 3.05) is 13.1 Å². The van der Waals surface area contributed by atoms with Crippen molar-refractivity contribution in [1.82, 2.24) is 14.9 Å². The van der Waals surface area contributed by atoms with E-state index in [1.807, 2.05) is 13.8 Å². The lowest BCUT2D eigenvalue weighted by Gasteiger charge is -2.10. The summed E-state index contributed by atoms with van der Waals surface area (Å²) in [6.45, 7) is 6.11. The molecule has 0 atom stereocenters. The first kappa shape index (κ1) is 14.0. The van der Waals surface area contributed by atoms with Crippen LogP contribution in [0.1, 0.15) is 17.1 Å². The highest BCUT2D eigenvalue weighted by Crippen LogP contribution is 2.05. The van der Waals surface area contributed by atoms with Gasteiger partial charge < -0.3 is 5.32 Å². The average molecular weight is 277 g/mol. The largest absolute Gasteiger partial charge is 0.315 e. The highest BCUT2D eigenvalue weighted by Gasteiger charge is 2.02. The zero-order valence-electron chi connectivity index (χ0n) is 11.3. The molecule has 0 saturated heterocycles. The van der Waals surface area contributed by atoms with E-state index in [0.29, 0.717) is 6.54 Å². The molecule has 2 rings (SSSR count). The van der Waals surface area contributed by atoms with E-state index in [2.05, 4.69) is 27.1 Å². The normalized spacial score (nSPS) is 10.8. The Kier molecular flexibility index (Phi) is 4.87. The molecular formula is C14H19N3OS. The van der Waals surface area contributed by atoms with Crippen LogP contribution in [0.15, 0.2) is 27.7 Å². The summed E-state index contributed by atoms with van der Waals surface area (Å²) in [7, 11) is 0. The molecule has 0 aliphatic heterocycles. The molecule has 2 aromatic heterocycles. The fraction of sp³-hybridized carbons (Fsp3) is 0.429. The van der Waals surface area contributed by atoms with Gasteiger partial charge in [0.15, 0.2) is 0 Å². The van der Waals surface area contributed by atoms with Crippen LogP contribution >= 0.6 is 11.3 Å². The van der Waals surface area contributed by atoms with Gasteiger partial charge in [-0.05, 0) is 49.2 Å². The van der Waals surface area contributed by atoms with Crippen LogP contribution in [-0.4, -0.2) is 22.6 Å². The monoisotopic (exact) mass is 277 g/mol. The Bertz CT molecular complexity index is 575. The van der Waals surface area contributed by atoms with Gasteiger partial charge in [-0.1, -0.05) is 0 Å². The van der Waals surface area contributed by atoms with Gasteiger partial charge in [0.05, 0.1) is 0 Å². The van der Waals surface area contributed by atoms with Crippen molar-refractivity contribution < 1.29 is 0 Å². The minimum Gasteiger partial charge on any atom is -0.315 e. The number of rotatable bonds is 6. The Labute approximate surface area is 117 Å². The van der Waals surface area contributed by atoms with E-state index >= 15 is 0 Å². The predicted octanol–water partition coefficient (Wildman–Crippen LogP) is 1.75. The zero-order valence-corrected chi connectivity index (χ0v) is 12.2. The summed E-state index contributed by atoms with van der Waals surface area (Å²) in [5.41, 5.74) is 2.18. The maximum atomic E-state index is 11.8. The maximum absolute atomic E-state index is 11.8. The van der Waals surface area contributed by atoms with Crippen molar-refractivity contribution in [3.05, 3.63) is 50.3 Å². The molecule has 4 nitrogen and oxygen atoms in total. The van der Waals surface area contributed by atoms with E-state index in [9.17, 15) is 4.79 Å². The van der Waals surface area contributed by atoms with Crippen molar-refractivity contribution in [3.8, 4) is 0 Å². The summed E-state index contributed by atoms with van der Waals surface area (Å²) < 4.78 is 1.71. The average Bonchev–Trinajstić information content (AvgIpc) is 2.84. The first-order chi connectivity index (χ1) is 9.16. The molecule has 0 radical (unpaired) electrons. The van der Waals surface area contributed by atoms with E-state index in [4.69, 9.17) is 0 Å². The molecule has 0 unspecified atom stereocenters. The molecule has 5 heteroatoms. The maximum Gasteiger partial charge on any atom is 0.253 e. The van der Waals surface area contributed by atoms with Crippen LogP contribution in [0.5, 0.6) is 0 Å². The van der Waals surface area contributed by atoms with E-state index in [1.54, 1.807) is 22.0 Å². The standard InChI is InChI=1S/C14H19N3OS/c1-11-9-14(18)17(12(2)16-11)7-6-15-5-3-13-4-8-19-10-13/h4,8-10,15H,3,5-7H2,1-2H3. The first-order valence-electron chi connectivity index (χ1n) is 6.43. The van der Waals surface area contributed by atoms with Crippen molar-refractivity contribution in [2.45, 2.75) is 26.8 Å². The molecule has 0 aliphatic rings. The van der Waals surface area contributed by atoms with Gasteiger partial charge in [-0.15, -0.1) is 0 Å². The Morgan fingerprint density at radius 1 is 1.37 bits per heavy atom. The molecule has 2 heterocycles. The number of hydrogen-bond donors (Lipinski definition) is 1. The Balaban J connectivity index is 1.78. The van der Waals surface area contributed by atoms with Gasteiger partial charge in [0, 0.05) is 24.8 Å². The molecule has 0 bridgehead atoms. The van der Waals surface area contributed by atoms with Gasteiger partial charge in [0.25, 0.3) is 5.56 Å². The predicted molar refractivity (Wildman–Crippen MR) is 78.9 cm³/mol. The minimum atomic E-state index is 0.0321. The smallest absolute Gasteiger partial charge is 0.253 e. The summed E-state index contributed by atoms with van der Waals surface area (Å²) in [6.07, 6.45) is 1.03. The number of nitrogens with zero attached hydrogens (tertiary/aromatic N) is 2. The molecule has 0 spiro atoms. The van der Waals surface area contributed by atoms with E-state index in [-0.39, 0.29) is 5.56 Å². The molecule has 0 amide bonds. The molecule has 1 N–H and O–H groups in total. The van der Waals surface area contributed by atoms with Crippen molar-refractivity contribution in [1.29, 1.82) is 0 Å². The van der Waals surface area contributed by atoms with Crippen LogP contribution < -0.4 is 10.9 Å². The summed E-state index contributed by atoms with van der Waals surface area (Å²) in [5.74, 6) is 0.782. The fourth-order valence-corrected chi connectivity index (χ4v) is 2.72. The fourth-order valence-electron chi connectivity index (χ4n) is 2.02. The summed E-state index contributed by atoms with van der Waals surface area (Å²) in [6, 6.07) is 3.73. The second kappa shape index (κ2) is 6.63. The molecule has 0 fully saturated rings. The summed E-state index contributed by atoms with van der Waals surface area (Å²) in [5, 5.41) is 7.62. The molecule has 0 saturated carbocycles. The summed E-state index contributed by atoms with van der Waals surface area (Å²) in [4.78, 5) is 16.1. The van der Waals surface area contributed by atoms with Crippen LogP contribution in [0.2, 0.25) is 0 Å². The number of thiophene rings is 1. The van der Waals surface area contributed by atoms with Gasteiger partial charge in [-0.25, -0.2) is 4.98 Å². The molecular weight excluding hydrogens is 258 g/mol. The number of hydrogen-bond acceptors (Lipinski definition) is 4. The van der Waals surface area contributed by atoms with Crippen LogP contribution in [0.25, 0.3) is 0 Å². The van der Waals surface area contributed by atoms with Crippen LogP contribution in [0.3, 0.4) is 0 Å². The number of aromatic nitrogens is 2. The van der Waals surface area contributed by atoms with Crippen molar-refractivity contribution in [3.63, 3.8) is 0 Å². The van der Waals surface area contributed by atoms with Gasteiger partial charge in [0.1, 0.15) is 5.82 Å². The second-order valence-electron chi connectivity index (χ2n) is 4.57. The minimum absolute atomic E-state index is 0.0321. The van der Waals surface area contributed by atoms with Crippen molar-refractivity contribution >= 4 is 11.3 Å². The lowest BCUT2D eigenvalue weighted by molar-refractivity contribution is 0.565. The van der Waals surface area contributed by atoms with Gasteiger partial charge in [0.2, 0.25) is 0 Å². The van der Waals surface area contributed by atoms with Gasteiger partial charge in [-0.2, -0.15) is 11.3 Å². The number of nitrogens with one attached hydrogen (secondary N) is 1. The lowest BCUT2D eigenvalue weighted by Crippen LogP contribution is -2.30.